The molecule has 0 saturated carbocycles. The van der Waals surface area contributed by atoms with Crippen molar-refractivity contribution in [1.29, 1.82) is 0 Å². The quantitative estimate of drug-likeness (QED) is 0.648. The predicted molar refractivity (Wildman–Crippen MR) is 119 cm³/mol. The first-order valence-corrected chi connectivity index (χ1v) is 12.5. The molecule has 3 heterocycles. The molecule has 10 heteroatoms. The van der Waals surface area contributed by atoms with Gasteiger partial charge in [-0.3, -0.25) is 9.36 Å². The summed E-state index contributed by atoms with van der Waals surface area (Å²) >= 11 is 0. The van der Waals surface area contributed by atoms with Crippen LogP contribution in [0.3, 0.4) is 0 Å². The average Bonchev–Trinajstić information content (AvgIpc) is 2.73. The van der Waals surface area contributed by atoms with E-state index < -0.39 is 9.84 Å². The topological polar surface area (TPSA) is 108 Å². The van der Waals surface area contributed by atoms with Crippen LogP contribution in [0.4, 0.5) is 4.79 Å². The molecule has 9 nitrogen and oxygen atoms in total. The first kappa shape index (κ1) is 23.8. The maximum atomic E-state index is 12.7. The van der Waals surface area contributed by atoms with Crippen molar-refractivity contribution in [2.45, 2.75) is 57.3 Å². The molecule has 1 amide bonds. The molecule has 32 heavy (non-hydrogen) atoms. The molecule has 2 aromatic rings. The van der Waals surface area contributed by atoms with E-state index in [0.29, 0.717) is 49.5 Å². The monoisotopic (exact) mass is 463 g/mol. The molecule has 0 spiro atoms. The summed E-state index contributed by atoms with van der Waals surface area (Å²) in [6, 6.07) is 6.10. The predicted octanol–water partition coefficient (Wildman–Crippen LogP) is 2.59. The van der Waals surface area contributed by atoms with E-state index in [4.69, 9.17) is 9.47 Å². The van der Waals surface area contributed by atoms with Crippen molar-refractivity contribution < 1.29 is 22.7 Å². The summed E-state index contributed by atoms with van der Waals surface area (Å²) in [7, 11) is -3.43. The van der Waals surface area contributed by atoms with Crippen LogP contribution in [-0.4, -0.2) is 60.5 Å². The number of carbonyl (C=O) groups is 1. The van der Waals surface area contributed by atoms with Crippen molar-refractivity contribution in [2.24, 2.45) is 0 Å². The lowest BCUT2D eigenvalue weighted by Gasteiger charge is -2.32. The number of carbonyl (C=O) groups excluding carboxylic acids is 1. The molecular weight excluding hydrogens is 434 g/mol. The van der Waals surface area contributed by atoms with Crippen LogP contribution < -0.4 is 10.3 Å². The fourth-order valence-electron chi connectivity index (χ4n) is 3.52. The zero-order valence-electron chi connectivity index (χ0n) is 18.8. The highest BCUT2D eigenvalue weighted by Gasteiger charge is 2.25. The average molecular weight is 464 g/mol. The Morgan fingerprint density at radius 1 is 1.22 bits per heavy atom. The number of likely N-dealkylation sites (tertiary alicyclic amines) is 1. The number of rotatable bonds is 6. The normalized spacial score (nSPS) is 15.1. The molecule has 1 saturated heterocycles. The Balaban J connectivity index is 1.70. The van der Waals surface area contributed by atoms with Gasteiger partial charge in [0.15, 0.2) is 14.9 Å². The van der Waals surface area contributed by atoms with Gasteiger partial charge in [0.2, 0.25) is 0 Å². The lowest BCUT2D eigenvalue weighted by Crippen LogP contribution is -2.42. The van der Waals surface area contributed by atoms with Crippen molar-refractivity contribution in [3.05, 3.63) is 46.5 Å². The Bertz CT molecular complexity index is 1130. The van der Waals surface area contributed by atoms with Crippen LogP contribution in [0.15, 0.2) is 40.3 Å². The van der Waals surface area contributed by atoms with Crippen molar-refractivity contribution in [3.8, 4) is 11.4 Å². The van der Waals surface area contributed by atoms with Gasteiger partial charge in [-0.25, -0.2) is 18.2 Å². The molecule has 0 aliphatic carbocycles. The SMILES string of the molecule is CCc1nc(S(C)(=O)=O)ccc1-n1ccc(OC2CCN(C(=O)OC(C)C)CC2)cc1=O. The largest absolute Gasteiger partial charge is 0.490 e. The van der Waals surface area contributed by atoms with Crippen LogP contribution >= 0.6 is 0 Å². The highest BCUT2D eigenvalue weighted by atomic mass is 32.2. The van der Waals surface area contributed by atoms with Gasteiger partial charge in [0.1, 0.15) is 11.9 Å². The van der Waals surface area contributed by atoms with Crippen molar-refractivity contribution >= 4 is 15.9 Å². The maximum Gasteiger partial charge on any atom is 0.410 e. The van der Waals surface area contributed by atoms with E-state index in [9.17, 15) is 18.0 Å². The second-order valence-electron chi connectivity index (χ2n) is 8.05. The summed E-state index contributed by atoms with van der Waals surface area (Å²) in [5.41, 5.74) is 0.752. The fourth-order valence-corrected chi connectivity index (χ4v) is 4.11. The second-order valence-corrected chi connectivity index (χ2v) is 10.0. The van der Waals surface area contributed by atoms with Gasteiger partial charge in [0, 0.05) is 44.5 Å². The number of aromatic nitrogens is 2. The third-order valence-corrected chi connectivity index (χ3v) is 6.12. The Labute approximate surface area is 187 Å². The third kappa shape index (κ3) is 5.67. The van der Waals surface area contributed by atoms with Gasteiger partial charge < -0.3 is 14.4 Å². The number of pyridine rings is 2. The number of nitrogens with zero attached hydrogens (tertiary/aromatic N) is 3. The fraction of sp³-hybridized carbons (Fsp3) is 0.500. The van der Waals surface area contributed by atoms with Gasteiger partial charge >= 0.3 is 6.09 Å². The highest BCUT2D eigenvalue weighted by molar-refractivity contribution is 7.90. The zero-order chi connectivity index (χ0) is 23.5. The van der Waals surface area contributed by atoms with E-state index in [1.165, 1.54) is 16.7 Å². The molecule has 0 bridgehead atoms. The van der Waals surface area contributed by atoms with E-state index in [1.807, 2.05) is 20.8 Å². The molecular formula is C22H29N3O6S. The van der Waals surface area contributed by atoms with Crippen LogP contribution in [-0.2, 0) is 21.0 Å². The standard InChI is InChI=1S/C22H29N3O6S/c1-5-18-19(6-7-20(23-18)32(4,28)29)25-13-10-17(14-21(25)26)31-16-8-11-24(12-9-16)22(27)30-15(2)3/h6-7,10,13-16H,5,8-9,11-12H2,1-4H3. The van der Waals surface area contributed by atoms with Crippen molar-refractivity contribution in [3.63, 3.8) is 0 Å². The van der Waals surface area contributed by atoms with Gasteiger partial charge in [-0.15, -0.1) is 0 Å². The number of hydrogen-bond donors (Lipinski definition) is 0. The Morgan fingerprint density at radius 2 is 1.91 bits per heavy atom. The number of aryl methyl sites for hydroxylation is 1. The van der Waals surface area contributed by atoms with Crippen LogP contribution in [0.1, 0.15) is 39.3 Å². The number of sulfone groups is 1. The summed E-state index contributed by atoms with van der Waals surface area (Å²) in [6.45, 7) is 6.55. The van der Waals surface area contributed by atoms with Crippen molar-refractivity contribution in [2.75, 3.05) is 19.3 Å². The van der Waals surface area contributed by atoms with Crippen LogP contribution in [0.2, 0.25) is 0 Å². The first-order valence-electron chi connectivity index (χ1n) is 10.6. The lowest BCUT2D eigenvalue weighted by molar-refractivity contribution is 0.0516. The molecule has 0 aromatic carbocycles. The molecule has 0 N–H and O–H groups in total. The Morgan fingerprint density at radius 3 is 2.47 bits per heavy atom. The summed E-state index contributed by atoms with van der Waals surface area (Å²) in [5, 5.41) is -0.0188. The van der Waals surface area contributed by atoms with Gasteiger partial charge in [0.05, 0.1) is 17.5 Å². The number of ether oxygens (including phenoxy) is 2. The molecule has 1 fully saturated rings. The third-order valence-electron chi connectivity index (χ3n) is 5.13. The van der Waals surface area contributed by atoms with Crippen LogP contribution in [0.5, 0.6) is 5.75 Å². The minimum Gasteiger partial charge on any atom is -0.490 e. The second kappa shape index (κ2) is 9.72. The lowest BCUT2D eigenvalue weighted by atomic mass is 10.1. The van der Waals surface area contributed by atoms with Gasteiger partial charge in [-0.05, 0) is 38.5 Å². The summed E-state index contributed by atoms with van der Waals surface area (Å²) in [5.74, 6) is 0.452. The van der Waals surface area contributed by atoms with Crippen molar-refractivity contribution in [1.82, 2.24) is 14.5 Å². The van der Waals surface area contributed by atoms with Crippen LogP contribution in [0.25, 0.3) is 5.69 Å². The van der Waals surface area contributed by atoms with E-state index in [0.717, 1.165) is 6.26 Å². The minimum atomic E-state index is -3.43. The summed E-state index contributed by atoms with van der Waals surface area (Å²) in [4.78, 5) is 30.6. The Hall–Kier alpha value is -2.88. The molecule has 0 radical (unpaired) electrons. The summed E-state index contributed by atoms with van der Waals surface area (Å²) < 4.78 is 36.2. The number of amides is 1. The van der Waals surface area contributed by atoms with Gasteiger partial charge in [-0.2, -0.15) is 0 Å². The molecule has 2 aromatic heterocycles. The molecule has 1 aliphatic heterocycles. The molecule has 174 valence electrons. The number of hydrogen-bond acceptors (Lipinski definition) is 7. The van der Waals surface area contributed by atoms with Crippen LogP contribution in [0, 0.1) is 0 Å². The minimum absolute atomic E-state index is 0.0188. The molecule has 0 atom stereocenters. The smallest absolute Gasteiger partial charge is 0.410 e. The van der Waals surface area contributed by atoms with Gasteiger partial charge in [-0.1, -0.05) is 6.92 Å². The maximum absolute atomic E-state index is 12.7. The number of piperidine rings is 1. The molecule has 0 unspecified atom stereocenters. The van der Waals surface area contributed by atoms with E-state index >= 15 is 0 Å². The van der Waals surface area contributed by atoms with E-state index in [-0.39, 0.29) is 28.9 Å². The first-order chi connectivity index (χ1) is 15.1. The molecule has 1 aliphatic rings. The van der Waals surface area contributed by atoms with E-state index in [2.05, 4.69) is 4.98 Å². The van der Waals surface area contributed by atoms with E-state index in [1.54, 1.807) is 23.2 Å². The zero-order valence-corrected chi connectivity index (χ0v) is 19.6. The highest BCUT2D eigenvalue weighted by Crippen LogP contribution is 2.20. The molecule has 3 rings (SSSR count). The van der Waals surface area contributed by atoms with Gasteiger partial charge in [0.25, 0.3) is 5.56 Å². The Kier molecular flexibility index (Phi) is 7.22. The summed E-state index contributed by atoms with van der Waals surface area (Å²) in [6.07, 6.45) is 3.89.